The average molecular weight is 1740 g/mol. The molecular weight excluding hydrogens is 1670 g/mol. The van der Waals surface area contributed by atoms with Crippen molar-refractivity contribution in [1.29, 1.82) is 0 Å². The molecule has 7 aliphatic heterocycles. The molecule has 56 heteroatoms. The van der Waals surface area contributed by atoms with Crippen LogP contribution >= 0.6 is 33.6 Å². The first-order valence-corrected chi connectivity index (χ1v) is 45.9. The number of rotatable bonds is 28. The van der Waals surface area contributed by atoms with Crippen molar-refractivity contribution < 1.29 is 108 Å². The Labute approximate surface area is 641 Å². The van der Waals surface area contributed by atoms with Gasteiger partial charge in [-0.25, -0.2) is 34.3 Å². The number of nitrogens with two attached hydrogens (primary N) is 3. The summed E-state index contributed by atoms with van der Waals surface area (Å²) < 4.78 is 105. The van der Waals surface area contributed by atoms with Crippen molar-refractivity contribution in [3.63, 3.8) is 0 Å². The number of hydrogen-bond acceptors (Lipinski definition) is 37. The fourth-order valence-corrected chi connectivity index (χ4v) is 20.7. The normalized spacial score (nSPS) is 32.9. The number of aromatic nitrogens is 14. The fourth-order valence-electron chi connectivity index (χ4n) is 14.0. The van der Waals surface area contributed by atoms with Gasteiger partial charge in [0, 0.05) is 54.5 Å². The van der Waals surface area contributed by atoms with Gasteiger partial charge in [0.15, 0.2) is 35.1 Å². The van der Waals surface area contributed by atoms with Gasteiger partial charge in [-0.15, -0.1) is 0 Å². The lowest BCUT2D eigenvalue weighted by Crippen LogP contribution is -2.51. The molecule has 16 N–H and O–H groups in total. The third kappa shape index (κ3) is 16.1. The van der Waals surface area contributed by atoms with Gasteiger partial charge >= 0.3 is 50.7 Å². The number of fused-ring (bicyclic) bond motifs is 6. The van der Waals surface area contributed by atoms with Crippen molar-refractivity contribution in [2.24, 2.45) is 0 Å². The lowest BCUT2D eigenvalue weighted by atomic mass is 9.94. The zero-order valence-corrected chi connectivity index (χ0v) is 66.0. The molecule has 14 rings (SSSR count). The Morgan fingerprint density at radius 3 is 1.51 bits per heavy atom. The highest BCUT2D eigenvalue weighted by molar-refractivity contribution is 8.08. The Bertz CT molecular complexity index is 5420. The maximum Gasteiger partial charge on any atom is 0.351 e. The van der Waals surface area contributed by atoms with Crippen LogP contribution in [0, 0.1) is 20.8 Å². The molecule has 0 amide bonds. The number of aromatic amines is 3. The number of H-pyrrole nitrogens is 3. The standard InChI is InChI=1S/C54H70N17O29P5S5/c1-20-9-69(50(76)62-40(20)55)47-36-38(53(15-72,94-47)23(4)89-36)99-105(84,110)88-16-54-24(5)90-37(48(95-54)71-19-60-34-41(56)58-17-59-42(34)71)39(54)100-104(83,109)87-14-30-27(8-33(93-30)70-18-61-35-43(70)63-49(57)64-46(35)75)98-103(82,108)86-13-29-26(7-32(92-29)68-11-22(3)45(74)66-52(68)78)97-102(81,107)85-12-28-25(96-101(79,80)106)6-31(91-28)67-10-21(2)44(73)65-51(67)77/h9-11,17-19,23-33,36-39,47-48,72H,6-8,12-16H2,1-5H3,(H,81,107)(H,82,108)(H,83,109)(H,84,110)(H2,55,62,76)(H2,56,58,59)(H,65,73,77)(H,66,74,78)(H2,79,80,106)(H3,57,63,64,75)/t23-,24-,25+,26+,27+,28+,29+,30+,31+,32+,33+,36?,37?,38+,39+,47+,48?,53-,54-,102?,103?,104?,105?/m0/s1. The number of aryl methyl sites for hydroxylation is 3. The van der Waals surface area contributed by atoms with Crippen molar-refractivity contribution in [2.75, 3.05) is 50.2 Å². The van der Waals surface area contributed by atoms with Crippen LogP contribution in [0.4, 0.5) is 17.6 Å². The van der Waals surface area contributed by atoms with E-state index in [4.69, 9.17) is 150 Å². The van der Waals surface area contributed by atoms with Crippen LogP contribution in [0.5, 0.6) is 0 Å². The quantitative estimate of drug-likeness (QED) is 0.0236. The van der Waals surface area contributed by atoms with E-state index in [1.165, 1.54) is 60.6 Å². The number of nitrogens with zero attached hydrogens (tertiary/aromatic N) is 11. The molecule has 0 aliphatic carbocycles. The van der Waals surface area contributed by atoms with E-state index in [9.17, 15) is 63.2 Å². The van der Waals surface area contributed by atoms with Gasteiger partial charge in [0.25, 0.3) is 16.7 Å². The summed E-state index contributed by atoms with van der Waals surface area (Å²) in [6, 6.07) is 0. The molecule has 46 nitrogen and oxygen atoms in total. The summed E-state index contributed by atoms with van der Waals surface area (Å²) in [6.45, 7) is -19.2. The smallest absolute Gasteiger partial charge is 0.351 e. The largest absolute Gasteiger partial charge is 0.393 e. The molecule has 600 valence electrons. The number of ether oxygens (including phenoxy) is 7. The van der Waals surface area contributed by atoms with Gasteiger partial charge in [-0.1, -0.05) is 0 Å². The Morgan fingerprint density at radius 2 is 0.973 bits per heavy atom. The molecule has 7 fully saturated rings. The first kappa shape index (κ1) is 81.4. The van der Waals surface area contributed by atoms with E-state index in [0.29, 0.717) is 5.56 Å². The molecule has 7 saturated heterocycles. The first-order valence-electron chi connectivity index (χ1n) is 32.9. The molecule has 14 heterocycles. The van der Waals surface area contributed by atoms with Crippen LogP contribution < -0.4 is 50.9 Å². The van der Waals surface area contributed by atoms with Crippen LogP contribution in [0.25, 0.3) is 22.3 Å². The van der Waals surface area contributed by atoms with E-state index in [2.05, 4.69) is 44.9 Å². The molecule has 0 aromatic carbocycles. The fraction of sp³-hybridized carbons (Fsp3) is 0.593. The molecule has 23 atom stereocenters. The number of nitrogen functional groups attached to an aromatic ring is 3. The van der Waals surface area contributed by atoms with Crippen molar-refractivity contribution in [1.82, 2.24) is 67.7 Å². The lowest BCUT2D eigenvalue weighted by Gasteiger charge is -2.38. The zero-order valence-electron chi connectivity index (χ0n) is 57.5. The second kappa shape index (κ2) is 30.5. The predicted molar refractivity (Wildman–Crippen MR) is 392 cm³/mol. The molecule has 4 bridgehead atoms. The Kier molecular flexibility index (Phi) is 22.6. The maximum absolute atomic E-state index is 13.3. The minimum absolute atomic E-state index is 0.00141. The number of hydrogen-bond donors (Lipinski definition) is 13. The second-order valence-corrected chi connectivity index (χ2v) is 40.3. The van der Waals surface area contributed by atoms with Crippen molar-refractivity contribution >= 4 is 133 Å². The summed E-state index contributed by atoms with van der Waals surface area (Å²) in [4.78, 5) is 178. The van der Waals surface area contributed by atoms with E-state index in [0.717, 1.165) is 13.7 Å². The van der Waals surface area contributed by atoms with Gasteiger partial charge < -0.3 is 116 Å². The molecular formula is C54H70N17O29P5S5. The number of anilines is 3. The molecule has 7 unspecified atom stereocenters. The van der Waals surface area contributed by atoms with Gasteiger partial charge in [0.1, 0.15) is 90.3 Å². The van der Waals surface area contributed by atoms with Gasteiger partial charge in [-0.2, -0.15) is 9.97 Å². The number of aliphatic hydroxyl groups excluding tert-OH is 1. The molecule has 0 radical (unpaired) electrons. The predicted octanol–water partition coefficient (Wildman–Crippen LogP) is -1.98. The molecule has 0 saturated carbocycles. The molecule has 110 heavy (non-hydrogen) atoms. The summed E-state index contributed by atoms with van der Waals surface area (Å²) >= 11 is 27.3. The van der Waals surface area contributed by atoms with Crippen molar-refractivity contribution in [2.45, 2.75) is 169 Å². The van der Waals surface area contributed by atoms with Crippen LogP contribution in [-0.2, 0) is 133 Å². The Balaban J connectivity index is 0.707. The summed E-state index contributed by atoms with van der Waals surface area (Å²) in [6.07, 6.45) is -15.5. The van der Waals surface area contributed by atoms with E-state index in [1.54, 1.807) is 20.8 Å². The van der Waals surface area contributed by atoms with Crippen LogP contribution in [0.15, 0.2) is 66.3 Å². The van der Waals surface area contributed by atoms with E-state index >= 15 is 0 Å². The van der Waals surface area contributed by atoms with E-state index < -0.39 is 216 Å². The molecule has 7 aliphatic rings. The minimum Gasteiger partial charge on any atom is -0.393 e. The molecule has 7 aromatic heterocycles. The third-order valence-electron chi connectivity index (χ3n) is 19.4. The summed E-state index contributed by atoms with van der Waals surface area (Å²) in [5.74, 6) is -0.340. The first-order chi connectivity index (χ1) is 51.6. The molecule has 7 aromatic rings. The summed E-state index contributed by atoms with van der Waals surface area (Å²) in [5, 5.41) is 10.9. The van der Waals surface area contributed by atoms with Crippen molar-refractivity contribution in [3.05, 3.63) is 117 Å². The van der Waals surface area contributed by atoms with Gasteiger partial charge in [0.05, 0.1) is 76.2 Å². The third-order valence-corrected chi connectivity index (χ3v) is 26.5. The number of nitrogens with one attached hydrogen (secondary N) is 3. The second-order valence-electron chi connectivity index (χ2n) is 26.5. The number of aliphatic hydroxyl groups is 1. The van der Waals surface area contributed by atoms with E-state index in [-0.39, 0.29) is 70.3 Å². The summed E-state index contributed by atoms with van der Waals surface area (Å²) in [7, 11) is 0. The lowest BCUT2D eigenvalue weighted by molar-refractivity contribution is -0.219. The maximum atomic E-state index is 13.3. The van der Waals surface area contributed by atoms with Gasteiger partial charge in [-0.3, -0.25) is 61.2 Å². The van der Waals surface area contributed by atoms with Gasteiger partial charge in [0.2, 0.25) is 5.95 Å². The highest BCUT2D eigenvalue weighted by Crippen LogP contribution is 2.62. The Morgan fingerprint density at radius 1 is 0.518 bits per heavy atom. The van der Waals surface area contributed by atoms with E-state index in [1.807, 2.05) is 0 Å². The Hall–Kier alpha value is -5.13. The van der Waals surface area contributed by atoms with Gasteiger partial charge in [-0.05, 0) is 93.7 Å². The number of imidazole rings is 2. The monoisotopic (exact) mass is 1740 g/mol. The zero-order chi connectivity index (χ0) is 79.0. The average Bonchev–Trinajstić information content (AvgIpc) is 1.78. The van der Waals surface area contributed by atoms with Crippen LogP contribution in [-0.4, -0.2) is 220 Å². The SMILES string of the molecule is Cc1cn([C@@H]2O[C@@]3(CO)[C@H](C)OC2[C@H]3OP(O)(=S)OC[C@]23OC(n4cnc5c(N)ncnc54)C(O[C@H]2C)[C@H]3OP(O)(=S)OC[C@H]2O[C@@H](n3cnc4c(=O)[nH]c(N)nc43)C[C@H]2OP(O)(=S)OC[C@H]2O[C@@H](n3cc(C)c(=O)[nH]c3=O)C[C@H]2OP(O)(=S)OC[C@H]2O[C@@H](n3cc(C)c(=O)[nH]c3=O)C[C@H]2OP(O)(O)=S)c(=O)nc1N. The van der Waals surface area contributed by atoms with Crippen LogP contribution in [0.1, 0.15) is 80.9 Å². The topological polar surface area (TPSA) is 619 Å². The van der Waals surface area contributed by atoms with Crippen LogP contribution in [0.2, 0.25) is 0 Å². The molecule has 0 spiro atoms. The highest BCUT2D eigenvalue weighted by Gasteiger charge is 2.70. The minimum atomic E-state index is -4.74. The van der Waals surface area contributed by atoms with Crippen molar-refractivity contribution in [3.8, 4) is 0 Å². The van der Waals surface area contributed by atoms with Crippen LogP contribution in [0.3, 0.4) is 0 Å². The highest BCUT2D eigenvalue weighted by atomic mass is 32.5. The summed E-state index contributed by atoms with van der Waals surface area (Å²) in [5.41, 5.74) is 10.3.